The Kier molecular flexibility index (Phi) is 8.44. The van der Waals surface area contributed by atoms with E-state index in [0.29, 0.717) is 19.0 Å². The Morgan fingerprint density at radius 2 is 2.21 bits per heavy atom. The number of nitrogens with zero attached hydrogens (tertiary/aromatic N) is 1. The van der Waals surface area contributed by atoms with Crippen LogP contribution in [0.2, 0.25) is 0 Å². The van der Waals surface area contributed by atoms with Gasteiger partial charge < -0.3 is 20.8 Å². The zero-order chi connectivity index (χ0) is 16.9. The van der Waals surface area contributed by atoms with Crippen LogP contribution in [0.4, 0.5) is 0 Å². The van der Waals surface area contributed by atoms with Crippen LogP contribution in [0.25, 0.3) is 0 Å². The van der Waals surface area contributed by atoms with E-state index in [9.17, 15) is 10.2 Å². The number of aliphatic imine (C=N–C) groups is 1. The van der Waals surface area contributed by atoms with Crippen molar-refractivity contribution in [3.05, 3.63) is 22.4 Å². The minimum Gasteiger partial charge on any atom is -0.392 e. The third-order valence-electron chi connectivity index (χ3n) is 4.91. The molecule has 1 heterocycles. The summed E-state index contributed by atoms with van der Waals surface area (Å²) in [4.78, 5) is 4.22. The van der Waals surface area contributed by atoms with E-state index in [1.807, 2.05) is 16.8 Å². The average molecular weight is 467 g/mol. The van der Waals surface area contributed by atoms with Gasteiger partial charge in [-0.1, -0.05) is 19.8 Å². The van der Waals surface area contributed by atoms with Crippen LogP contribution in [0.15, 0.2) is 21.8 Å². The fourth-order valence-electron chi connectivity index (χ4n) is 3.02. The molecule has 5 nitrogen and oxygen atoms in total. The second kappa shape index (κ2) is 9.35. The molecule has 138 valence electrons. The summed E-state index contributed by atoms with van der Waals surface area (Å²) in [5.41, 5.74) is -0.155. The lowest BCUT2D eigenvalue weighted by atomic mass is 9.73. The topological polar surface area (TPSA) is 76.9 Å². The summed E-state index contributed by atoms with van der Waals surface area (Å²) in [6.07, 6.45) is 3.89. The fourth-order valence-corrected chi connectivity index (χ4v) is 3.81. The molecule has 0 spiro atoms. The van der Waals surface area contributed by atoms with Gasteiger partial charge in [-0.3, -0.25) is 4.99 Å². The number of aliphatic hydroxyl groups excluding tert-OH is 1. The maximum Gasteiger partial charge on any atom is 0.191 e. The largest absolute Gasteiger partial charge is 0.392 e. The first kappa shape index (κ1) is 21.7. The van der Waals surface area contributed by atoms with Crippen LogP contribution >= 0.6 is 35.3 Å². The SMILES string of the molecule is CN=C(NCC(C)(O)c1ccsc1)NCC1(C)CCCCC1O.I. The molecule has 1 aliphatic carbocycles. The molecule has 2 rings (SSSR count). The van der Waals surface area contributed by atoms with E-state index in [0.717, 1.165) is 31.2 Å². The van der Waals surface area contributed by atoms with E-state index in [1.165, 1.54) is 0 Å². The molecule has 0 amide bonds. The first-order valence-electron chi connectivity index (χ1n) is 8.25. The summed E-state index contributed by atoms with van der Waals surface area (Å²) in [7, 11) is 1.72. The summed E-state index contributed by atoms with van der Waals surface area (Å²) in [6.45, 7) is 4.97. The van der Waals surface area contributed by atoms with Crippen molar-refractivity contribution >= 4 is 41.3 Å². The van der Waals surface area contributed by atoms with Crippen molar-refractivity contribution in [2.75, 3.05) is 20.1 Å². The Labute approximate surface area is 166 Å². The van der Waals surface area contributed by atoms with Gasteiger partial charge in [0.25, 0.3) is 0 Å². The van der Waals surface area contributed by atoms with E-state index in [1.54, 1.807) is 25.3 Å². The third kappa shape index (κ3) is 5.57. The highest BCUT2D eigenvalue weighted by Gasteiger charge is 2.35. The molecule has 0 bridgehead atoms. The molecule has 4 N–H and O–H groups in total. The Morgan fingerprint density at radius 3 is 2.79 bits per heavy atom. The number of hydrogen-bond donors (Lipinski definition) is 4. The summed E-state index contributed by atoms with van der Waals surface area (Å²) in [5.74, 6) is 0.652. The summed E-state index contributed by atoms with van der Waals surface area (Å²) in [5, 5.41) is 31.2. The normalized spacial score (nSPS) is 27.0. The predicted octanol–water partition coefficient (Wildman–Crippen LogP) is 2.68. The van der Waals surface area contributed by atoms with Crippen LogP contribution < -0.4 is 10.6 Å². The van der Waals surface area contributed by atoms with Gasteiger partial charge in [-0.25, -0.2) is 0 Å². The maximum atomic E-state index is 10.6. The highest BCUT2D eigenvalue weighted by molar-refractivity contribution is 14.0. The number of thiophene rings is 1. The van der Waals surface area contributed by atoms with Crippen molar-refractivity contribution in [1.82, 2.24) is 10.6 Å². The Morgan fingerprint density at radius 1 is 1.46 bits per heavy atom. The standard InChI is InChI=1S/C17H29N3O2S.HI/c1-16(8-5-4-6-14(16)21)11-19-15(18-3)20-12-17(2,22)13-7-9-23-10-13;/h7,9-10,14,21-22H,4-6,8,11-12H2,1-3H3,(H2,18,19,20);1H. The van der Waals surface area contributed by atoms with Crippen LogP contribution in [-0.2, 0) is 5.60 Å². The molecule has 0 aromatic carbocycles. The maximum absolute atomic E-state index is 10.6. The number of guanidine groups is 1. The minimum absolute atomic E-state index is 0. The van der Waals surface area contributed by atoms with Gasteiger partial charge >= 0.3 is 0 Å². The molecule has 0 aliphatic heterocycles. The van der Waals surface area contributed by atoms with Gasteiger partial charge in [0, 0.05) is 19.0 Å². The molecule has 1 saturated carbocycles. The summed E-state index contributed by atoms with van der Waals surface area (Å²) >= 11 is 1.57. The highest BCUT2D eigenvalue weighted by atomic mass is 127. The highest BCUT2D eigenvalue weighted by Crippen LogP contribution is 2.35. The van der Waals surface area contributed by atoms with E-state index in [4.69, 9.17) is 0 Å². The van der Waals surface area contributed by atoms with Gasteiger partial charge in [-0.05, 0) is 42.2 Å². The summed E-state index contributed by atoms with van der Waals surface area (Å²) < 4.78 is 0. The van der Waals surface area contributed by atoms with Gasteiger partial charge in [-0.15, -0.1) is 24.0 Å². The first-order chi connectivity index (χ1) is 10.9. The lowest BCUT2D eigenvalue weighted by Crippen LogP contribution is -2.50. The molecule has 24 heavy (non-hydrogen) atoms. The fraction of sp³-hybridized carbons (Fsp3) is 0.706. The van der Waals surface area contributed by atoms with Crippen LogP contribution in [0.5, 0.6) is 0 Å². The predicted molar refractivity (Wildman–Crippen MR) is 111 cm³/mol. The monoisotopic (exact) mass is 467 g/mol. The van der Waals surface area contributed by atoms with E-state index in [2.05, 4.69) is 22.5 Å². The van der Waals surface area contributed by atoms with Gasteiger partial charge in [0.2, 0.25) is 0 Å². The van der Waals surface area contributed by atoms with Crippen LogP contribution in [-0.4, -0.2) is 42.4 Å². The van der Waals surface area contributed by atoms with Gasteiger partial charge in [-0.2, -0.15) is 11.3 Å². The number of hydrogen-bond acceptors (Lipinski definition) is 4. The molecule has 1 fully saturated rings. The molecule has 1 aromatic rings. The first-order valence-corrected chi connectivity index (χ1v) is 9.19. The van der Waals surface area contributed by atoms with Crippen molar-refractivity contribution in [2.24, 2.45) is 10.4 Å². The van der Waals surface area contributed by atoms with Crippen LogP contribution in [0.3, 0.4) is 0 Å². The average Bonchev–Trinajstić information content (AvgIpc) is 3.06. The molecule has 1 aliphatic rings. The van der Waals surface area contributed by atoms with Crippen molar-refractivity contribution in [3.8, 4) is 0 Å². The molecule has 3 unspecified atom stereocenters. The molecule has 1 aromatic heterocycles. The molecular formula is C17H30IN3O2S. The van der Waals surface area contributed by atoms with Crippen molar-refractivity contribution in [3.63, 3.8) is 0 Å². The molecular weight excluding hydrogens is 437 g/mol. The van der Waals surface area contributed by atoms with Crippen LogP contribution in [0, 0.1) is 5.41 Å². The van der Waals surface area contributed by atoms with E-state index >= 15 is 0 Å². The van der Waals surface area contributed by atoms with Gasteiger partial charge in [0.15, 0.2) is 5.96 Å². The van der Waals surface area contributed by atoms with E-state index < -0.39 is 5.60 Å². The number of nitrogens with one attached hydrogen (secondary N) is 2. The van der Waals surface area contributed by atoms with E-state index in [-0.39, 0.29) is 35.5 Å². The zero-order valence-corrected chi connectivity index (χ0v) is 17.9. The quantitative estimate of drug-likeness (QED) is 0.305. The number of aliphatic hydroxyl groups is 2. The Hall–Kier alpha value is -0.380. The smallest absolute Gasteiger partial charge is 0.191 e. The van der Waals surface area contributed by atoms with Crippen molar-refractivity contribution in [1.29, 1.82) is 0 Å². The second-order valence-corrected chi connectivity index (χ2v) is 7.76. The zero-order valence-electron chi connectivity index (χ0n) is 14.7. The third-order valence-corrected chi connectivity index (χ3v) is 5.59. The number of halogens is 1. The Balaban J connectivity index is 0.00000288. The lowest BCUT2D eigenvalue weighted by Gasteiger charge is -2.39. The molecule has 3 atom stereocenters. The van der Waals surface area contributed by atoms with Gasteiger partial charge in [0.05, 0.1) is 12.6 Å². The second-order valence-electron chi connectivity index (χ2n) is 6.98. The number of rotatable bonds is 5. The van der Waals surface area contributed by atoms with Crippen molar-refractivity contribution in [2.45, 2.75) is 51.2 Å². The summed E-state index contributed by atoms with van der Waals surface area (Å²) in [6, 6.07) is 1.93. The van der Waals surface area contributed by atoms with Gasteiger partial charge in [0.1, 0.15) is 5.60 Å². The molecule has 0 saturated heterocycles. The van der Waals surface area contributed by atoms with Crippen molar-refractivity contribution < 1.29 is 10.2 Å². The Bertz CT molecular complexity index is 522. The molecule has 0 radical (unpaired) electrons. The lowest BCUT2D eigenvalue weighted by molar-refractivity contribution is 0.00384. The minimum atomic E-state index is -0.939. The van der Waals surface area contributed by atoms with Crippen LogP contribution in [0.1, 0.15) is 45.1 Å². The molecule has 7 heteroatoms.